The second-order valence-electron chi connectivity index (χ2n) is 7.25. The Morgan fingerprint density at radius 1 is 1.26 bits per heavy atom. The second kappa shape index (κ2) is 7.19. The highest BCUT2D eigenvalue weighted by Gasteiger charge is 2.19. The average Bonchev–Trinajstić information content (AvgIpc) is 2.86. The highest BCUT2D eigenvalue weighted by atomic mass is 28.3. The lowest BCUT2D eigenvalue weighted by Gasteiger charge is -2.15. The van der Waals surface area contributed by atoms with Gasteiger partial charge in [-0.3, -0.25) is 0 Å². The molecule has 1 aromatic carbocycles. The molecule has 1 heterocycles. The molecule has 0 saturated heterocycles. The van der Waals surface area contributed by atoms with Crippen molar-refractivity contribution >= 4 is 25.1 Å². The van der Waals surface area contributed by atoms with Gasteiger partial charge in [-0.1, -0.05) is 25.7 Å². The fraction of sp³-hybridized carbons (Fsp3) is 0.471. The maximum Gasteiger partial charge on any atom is 0.513 e. The fourth-order valence-electron chi connectivity index (χ4n) is 2.24. The number of hydrogen-bond donors (Lipinski definition) is 1. The summed E-state index contributed by atoms with van der Waals surface area (Å²) >= 11 is 0. The monoisotopic (exact) mass is 334 g/mol. The molecule has 6 heteroatoms. The third-order valence-corrected chi connectivity index (χ3v) is 4.40. The number of rotatable bonds is 6. The number of benzene rings is 1. The van der Waals surface area contributed by atoms with Gasteiger partial charge in [-0.15, -0.1) is 0 Å². The maximum atomic E-state index is 12.0. The molecule has 0 spiro atoms. The Labute approximate surface area is 138 Å². The third kappa shape index (κ3) is 5.11. The topological polar surface area (TPSA) is 54.6 Å². The molecule has 126 valence electrons. The van der Waals surface area contributed by atoms with Crippen LogP contribution in [0.1, 0.15) is 5.56 Å². The van der Waals surface area contributed by atoms with Crippen molar-refractivity contribution in [2.24, 2.45) is 0 Å². The standard InChI is InChI=1S/C17H26N2O3Si/c1-19(2)10-9-13-11-18-14-7-6-8-15(16(13)14)22-17(20)21-12-23(3,4)5/h6-8,11,18H,9-10,12H2,1-5H3. The van der Waals surface area contributed by atoms with E-state index in [1.165, 1.54) is 0 Å². The van der Waals surface area contributed by atoms with Gasteiger partial charge in [0.2, 0.25) is 0 Å². The normalized spacial score (nSPS) is 11.9. The molecule has 5 nitrogen and oxygen atoms in total. The molecule has 0 aliphatic carbocycles. The molecule has 1 aromatic heterocycles. The summed E-state index contributed by atoms with van der Waals surface area (Å²) in [4.78, 5) is 17.3. The number of hydrogen-bond acceptors (Lipinski definition) is 4. The van der Waals surface area contributed by atoms with E-state index in [4.69, 9.17) is 9.47 Å². The van der Waals surface area contributed by atoms with Crippen LogP contribution >= 0.6 is 0 Å². The first kappa shape index (κ1) is 17.6. The zero-order valence-corrected chi connectivity index (χ0v) is 15.6. The largest absolute Gasteiger partial charge is 0.513 e. The van der Waals surface area contributed by atoms with Crippen LogP contribution in [-0.2, 0) is 11.2 Å². The third-order valence-electron chi connectivity index (χ3n) is 3.39. The number of likely N-dealkylation sites (N-methyl/N-ethyl adjacent to an activating group) is 1. The fourth-order valence-corrected chi connectivity index (χ4v) is 2.79. The van der Waals surface area contributed by atoms with Crippen LogP contribution in [0.25, 0.3) is 10.9 Å². The van der Waals surface area contributed by atoms with Crippen molar-refractivity contribution in [2.45, 2.75) is 26.1 Å². The van der Waals surface area contributed by atoms with Crippen molar-refractivity contribution < 1.29 is 14.3 Å². The van der Waals surface area contributed by atoms with Gasteiger partial charge in [-0.2, -0.15) is 0 Å². The Morgan fingerprint density at radius 3 is 2.65 bits per heavy atom. The Balaban J connectivity index is 2.16. The van der Waals surface area contributed by atoms with E-state index in [0.29, 0.717) is 12.0 Å². The van der Waals surface area contributed by atoms with Crippen molar-refractivity contribution in [3.8, 4) is 5.75 Å². The number of nitrogens with zero attached hydrogens (tertiary/aromatic N) is 1. The van der Waals surface area contributed by atoms with E-state index in [2.05, 4.69) is 29.5 Å². The van der Waals surface area contributed by atoms with Crippen LogP contribution in [0.4, 0.5) is 4.79 Å². The first-order valence-corrected chi connectivity index (χ1v) is 11.6. The molecule has 23 heavy (non-hydrogen) atoms. The van der Waals surface area contributed by atoms with E-state index >= 15 is 0 Å². The minimum atomic E-state index is -1.45. The van der Waals surface area contributed by atoms with E-state index in [0.717, 1.165) is 29.4 Å². The van der Waals surface area contributed by atoms with Crippen LogP contribution < -0.4 is 4.74 Å². The van der Waals surface area contributed by atoms with Crippen LogP contribution in [0.2, 0.25) is 19.6 Å². The number of H-pyrrole nitrogens is 1. The van der Waals surface area contributed by atoms with E-state index in [1.54, 1.807) is 0 Å². The summed E-state index contributed by atoms with van der Waals surface area (Å²) < 4.78 is 10.7. The van der Waals surface area contributed by atoms with Crippen molar-refractivity contribution in [1.29, 1.82) is 0 Å². The van der Waals surface area contributed by atoms with Crippen molar-refractivity contribution in [2.75, 3.05) is 26.9 Å². The zero-order valence-electron chi connectivity index (χ0n) is 14.6. The average molecular weight is 334 g/mol. The molecule has 0 aliphatic heterocycles. The molecule has 1 N–H and O–H groups in total. The number of fused-ring (bicyclic) bond motifs is 1. The lowest BCUT2D eigenvalue weighted by Crippen LogP contribution is -2.30. The molecule has 0 bridgehead atoms. The number of aromatic amines is 1. The highest BCUT2D eigenvalue weighted by molar-refractivity contribution is 6.76. The Kier molecular flexibility index (Phi) is 5.49. The van der Waals surface area contributed by atoms with Gasteiger partial charge in [-0.05, 0) is 38.2 Å². The molecular formula is C17H26N2O3Si. The summed E-state index contributed by atoms with van der Waals surface area (Å²) in [6, 6.07) is 5.66. The van der Waals surface area contributed by atoms with Gasteiger partial charge in [0.1, 0.15) is 5.75 Å². The van der Waals surface area contributed by atoms with E-state index < -0.39 is 14.2 Å². The predicted octanol–water partition coefficient (Wildman–Crippen LogP) is 3.66. The van der Waals surface area contributed by atoms with Crippen LogP contribution in [0.15, 0.2) is 24.4 Å². The molecule has 0 atom stereocenters. The van der Waals surface area contributed by atoms with E-state index in [9.17, 15) is 4.79 Å². The van der Waals surface area contributed by atoms with Gasteiger partial charge >= 0.3 is 6.16 Å². The smallest absolute Gasteiger partial charge is 0.438 e. The number of nitrogens with one attached hydrogen (secondary N) is 1. The quantitative estimate of drug-likeness (QED) is 0.497. The SMILES string of the molecule is CN(C)CCc1c[nH]c2cccc(OC(=O)OC[Si](C)(C)C)c12. The number of ether oxygens (including phenoxy) is 2. The summed E-state index contributed by atoms with van der Waals surface area (Å²) in [6.07, 6.45) is 2.70. The van der Waals surface area contributed by atoms with E-state index in [1.807, 2.05) is 38.5 Å². The molecule has 0 aliphatic rings. The van der Waals surface area contributed by atoms with Gasteiger partial charge in [0.15, 0.2) is 0 Å². The Morgan fingerprint density at radius 2 is 2.00 bits per heavy atom. The van der Waals surface area contributed by atoms with Gasteiger partial charge < -0.3 is 19.4 Å². The van der Waals surface area contributed by atoms with Crippen molar-refractivity contribution in [3.05, 3.63) is 30.0 Å². The molecule has 0 amide bonds. The number of aromatic nitrogens is 1. The first-order chi connectivity index (χ1) is 10.8. The van der Waals surface area contributed by atoms with E-state index in [-0.39, 0.29) is 0 Å². The minimum absolute atomic E-state index is 0.461. The number of carbonyl (C=O) groups excluding carboxylic acids is 1. The maximum absolute atomic E-state index is 12.0. The summed E-state index contributed by atoms with van der Waals surface area (Å²) in [6.45, 7) is 7.37. The van der Waals surface area contributed by atoms with Gasteiger partial charge in [-0.25, -0.2) is 4.79 Å². The lowest BCUT2D eigenvalue weighted by atomic mass is 10.1. The molecule has 0 unspecified atom stereocenters. The zero-order chi connectivity index (χ0) is 17.0. The molecule has 0 saturated carbocycles. The van der Waals surface area contributed by atoms with Crippen molar-refractivity contribution in [1.82, 2.24) is 9.88 Å². The van der Waals surface area contributed by atoms with Crippen LogP contribution in [0, 0.1) is 0 Å². The molecule has 2 aromatic rings. The van der Waals surface area contributed by atoms with Crippen LogP contribution in [-0.4, -0.2) is 51.0 Å². The second-order valence-corrected chi connectivity index (χ2v) is 12.7. The Hall–Kier alpha value is -1.79. The summed E-state index contributed by atoms with van der Waals surface area (Å²) in [5.74, 6) is 0.554. The Bertz CT molecular complexity index is 674. The number of carbonyl (C=O) groups is 1. The highest BCUT2D eigenvalue weighted by Crippen LogP contribution is 2.29. The molecule has 0 radical (unpaired) electrons. The predicted molar refractivity (Wildman–Crippen MR) is 95.9 cm³/mol. The van der Waals surface area contributed by atoms with Crippen LogP contribution in [0.5, 0.6) is 5.75 Å². The van der Waals surface area contributed by atoms with Crippen molar-refractivity contribution in [3.63, 3.8) is 0 Å². The van der Waals surface area contributed by atoms with Crippen LogP contribution in [0.3, 0.4) is 0 Å². The lowest BCUT2D eigenvalue weighted by molar-refractivity contribution is 0.114. The molecule has 0 fully saturated rings. The van der Waals surface area contributed by atoms with Gasteiger partial charge in [0.05, 0.1) is 14.3 Å². The van der Waals surface area contributed by atoms with Gasteiger partial charge in [0, 0.05) is 23.6 Å². The summed E-state index contributed by atoms with van der Waals surface area (Å²) in [7, 11) is 2.63. The summed E-state index contributed by atoms with van der Waals surface area (Å²) in [5, 5.41) is 0.958. The molecular weight excluding hydrogens is 308 g/mol. The van der Waals surface area contributed by atoms with Gasteiger partial charge in [0.25, 0.3) is 0 Å². The summed E-state index contributed by atoms with van der Waals surface area (Å²) in [5.41, 5.74) is 2.11. The minimum Gasteiger partial charge on any atom is -0.438 e. The molecule has 2 rings (SSSR count). The first-order valence-electron chi connectivity index (χ1n) is 7.84.